The van der Waals surface area contributed by atoms with Crippen molar-refractivity contribution in [3.63, 3.8) is 0 Å². The van der Waals surface area contributed by atoms with E-state index in [9.17, 15) is 18.0 Å². The summed E-state index contributed by atoms with van der Waals surface area (Å²) in [5, 5.41) is 3.22. The Bertz CT molecular complexity index is 721. The van der Waals surface area contributed by atoms with Crippen molar-refractivity contribution in [2.75, 3.05) is 13.2 Å². The van der Waals surface area contributed by atoms with Gasteiger partial charge in [0.2, 0.25) is 5.91 Å². The Morgan fingerprint density at radius 2 is 2.29 bits per heavy atom. The van der Waals surface area contributed by atoms with Gasteiger partial charge in [-0.1, -0.05) is 0 Å². The summed E-state index contributed by atoms with van der Waals surface area (Å²) < 4.78 is 46.0. The van der Waals surface area contributed by atoms with Gasteiger partial charge in [0, 0.05) is 31.2 Å². The average molecular weight is 341 g/mol. The van der Waals surface area contributed by atoms with E-state index in [1.54, 1.807) is 12.1 Å². The molecule has 24 heavy (non-hydrogen) atoms. The molecule has 1 amide bonds. The summed E-state index contributed by atoms with van der Waals surface area (Å²) in [5.41, 5.74) is -0.552. The van der Waals surface area contributed by atoms with E-state index >= 15 is 0 Å². The Morgan fingerprint density at radius 3 is 3.00 bits per heavy atom. The molecule has 2 aromatic rings. The number of nitrogens with zero attached hydrogens (tertiary/aromatic N) is 2. The smallest absolute Gasteiger partial charge is 0.379 e. The van der Waals surface area contributed by atoms with E-state index in [1.165, 1.54) is 6.20 Å². The second kappa shape index (κ2) is 6.80. The molecule has 0 radical (unpaired) electrons. The summed E-state index contributed by atoms with van der Waals surface area (Å²) in [4.78, 5) is 16.0. The standard InChI is InChI=1S/C16H18F3N3O2/c17-16(18,19)13-9-11-3-1-6-20-15(11)22(13)7-5-14(23)21-12-4-2-8-24-10-12/h1,3,6,9,12H,2,4-5,7-8,10H2,(H,21,23)/t12-/m0/s1. The molecular weight excluding hydrogens is 323 g/mol. The second-order valence-corrected chi connectivity index (χ2v) is 5.83. The first-order valence-corrected chi connectivity index (χ1v) is 7.84. The van der Waals surface area contributed by atoms with Crippen LogP contribution in [0.3, 0.4) is 0 Å². The van der Waals surface area contributed by atoms with Crippen molar-refractivity contribution in [2.45, 2.75) is 38.0 Å². The maximum atomic E-state index is 13.2. The number of carbonyl (C=O) groups is 1. The number of fused-ring (bicyclic) bond motifs is 1. The number of aromatic nitrogens is 2. The molecule has 0 spiro atoms. The molecule has 1 aliphatic heterocycles. The van der Waals surface area contributed by atoms with E-state index in [0.29, 0.717) is 18.6 Å². The summed E-state index contributed by atoms with van der Waals surface area (Å²) in [7, 11) is 0. The van der Waals surface area contributed by atoms with E-state index in [2.05, 4.69) is 10.3 Å². The molecular formula is C16H18F3N3O2. The zero-order chi connectivity index (χ0) is 17.2. The van der Waals surface area contributed by atoms with E-state index in [1.807, 2.05) is 0 Å². The van der Waals surface area contributed by atoms with Crippen LogP contribution in [0, 0.1) is 0 Å². The van der Waals surface area contributed by atoms with Crippen LogP contribution in [0.2, 0.25) is 0 Å². The number of amides is 1. The zero-order valence-corrected chi connectivity index (χ0v) is 13.0. The van der Waals surface area contributed by atoms with E-state index in [4.69, 9.17) is 4.74 Å². The van der Waals surface area contributed by atoms with Crippen LogP contribution >= 0.6 is 0 Å². The van der Waals surface area contributed by atoms with E-state index in [0.717, 1.165) is 23.5 Å². The highest BCUT2D eigenvalue weighted by Gasteiger charge is 2.35. The van der Waals surface area contributed by atoms with Crippen LogP contribution in [0.5, 0.6) is 0 Å². The largest absolute Gasteiger partial charge is 0.431 e. The van der Waals surface area contributed by atoms with Crippen molar-refractivity contribution in [3.8, 4) is 0 Å². The number of alkyl halides is 3. The molecule has 0 aliphatic carbocycles. The van der Waals surface area contributed by atoms with Crippen LogP contribution in [0.25, 0.3) is 11.0 Å². The Labute approximate surface area is 136 Å². The molecule has 1 fully saturated rings. The number of hydrogen-bond donors (Lipinski definition) is 1. The average Bonchev–Trinajstić information content (AvgIpc) is 2.93. The summed E-state index contributed by atoms with van der Waals surface area (Å²) in [6, 6.07) is 4.17. The third-order valence-electron chi connectivity index (χ3n) is 4.03. The van der Waals surface area contributed by atoms with Crippen LogP contribution in [0.4, 0.5) is 13.2 Å². The minimum absolute atomic E-state index is 0.0417. The van der Waals surface area contributed by atoms with Crippen molar-refractivity contribution in [1.29, 1.82) is 0 Å². The monoisotopic (exact) mass is 341 g/mol. The summed E-state index contributed by atoms with van der Waals surface area (Å²) in [6.45, 7) is 1.06. The topological polar surface area (TPSA) is 56.2 Å². The first-order chi connectivity index (χ1) is 11.4. The predicted molar refractivity (Wildman–Crippen MR) is 81.3 cm³/mol. The van der Waals surface area contributed by atoms with Crippen LogP contribution < -0.4 is 5.32 Å². The number of nitrogens with one attached hydrogen (secondary N) is 1. The van der Waals surface area contributed by atoms with E-state index in [-0.39, 0.29) is 30.6 Å². The number of ether oxygens (including phenoxy) is 1. The predicted octanol–water partition coefficient (Wildman–Crippen LogP) is 2.74. The summed E-state index contributed by atoms with van der Waals surface area (Å²) in [5.74, 6) is -0.281. The second-order valence-electron chi connectivity index (χ2n) is 5.83. The molecule has 5 nitrogen and oxygen atoms in total. The molecule has 130 valence electrons. The number of halogens is 3. The Hall–Kier alpha value is -2.09. The van der Waals surface area contributed by atoms with Gasteiger partial charge in [0.05, 0.1) is 12.6 Å². The number of hydrogen-bond acceptors (Lipinski definition) is 3. The lowest BCUT2D eigenvalue weighted by Crippen LogP contribution is -2.40. The van der Waals surface area contributed by atoms with Gasteiger partial charge in [-0.3, -0.25) is 4.79 Å². The quantitative estimate of drug-likeness (QED) is 0.930. The lowest BCUT2D eigenvalue weighted by atomic mass is 10.1. The fraction of sp³-hybridized carbons (Fsp3) is 0.500. The molecule has 0 aromatic carbocycles. The molecule has 1 aliphatic rings. The van der Waals surface area contributed by atoms with Gasteiger partial charge < -0.3 is 14.6 Å². The number of carbonyl (C=O) groups excluding carboxylic acids is 1. The van der Waals surface area contributed by atoms with Gasteiger partial charge in [0.1, 0.15) is 11.3 Å². The lowest BCUT2D eigenvalue weighted by Gasteiger charge is -2.23. The molecule has 0 bridgehead atoms. The van der Waals surface area contributed by atoms with Crippen molar-refractivity contribution < 1.29 is 22.7 Å². The summed E-state index contributed by atoms with van der Waals surface area (Å²) in [6.07, 6.45) is -1.39. The first kappa shape index (κ1) is 16.8. The lowest BCUT2D eigenvalue weighted by molar-refractivity contribution is -0.143. The normalized spacial score (nSPS) is 18.7. The van der Waals surface area contributed by atoms with Crippen molar-refractivity contribution >= 4 is 16.9 Å². The van der Waals surface area contributed by atoms with Crippen LogP contribution in [0.15, 0.2) is 24.4 Å². The number of aryl methyl sites for hydroxylation is 1. The Kier molecular flexibility index (Phi) is 4.75. The third-order valence-corrected chi connectivity index (χ3v) is 4.03. The van der Waals surface area contributed by atoms with Gasteiger partial charge in [-0.15, -0.1) is 0 Å². The summed E-state index contributed by atoms with van der Waals surface area (Å²) >= 11 is 0. The molecule has 1 atom stereocenters. The van der Waals surface area contributed by atoms with Crippen LogP contribution in [-0.4, -0.2) is 34.7 Å². The van der Waals surface area contributed by atoms with Crippen LogP contribution in [-0.2, 0) is 22.3 Å². The van der Waals surface area contributed by atoms with Crippen molar-refractivity contribution in [3.05, 3.63) is 30.1 Å². The maximum absolute atomic E-state index is 13.2. The fourth-order valence-corrected chi connectivity index (χ4v) is 2.92. The highest BCUT2D eigenvalue weighted by Crippen LogP contribution is 2.33. The van der Waals surface area contributed by atoms with Crippen molar-refractivity contribution in [2.24, 2.45) is 0 Å². The molecule has 2 aromatic heterocycles. The molecule has 3 heterocycles. The molecule has 1 saturated heterocycles. The third kappa shape index (κ3) is 3.69. The van der Waals surface area contributed by atoms with Gasteiger partial charge in [0.25, 0.3) is 0 Å². The Balaban J connectivity index is 1.73. The zero-order valence-electron chi connectivity index (χ0n) is 13.0. The van der Waals surface area contributed by atoms with Crippen molar-refractivity contribution in [1.82, 2.24) is 14.9 Å². The number of pyridine rings is 1. The highest BCUT2D eigenvalue weighted by atomic mass is 19.4. The molecule has 0 unspecified atom stereocenters. The number of rotatable bonds is 4. The van der Waals surface area contributed by atoms with Gasteiger partial charge in [0.15, 0.2) is 0 Å². The van der Waals surface area contributed by atoms with Crippen LogP contribution in [0.1, 0.15) is 25.0 Å². The molecule has 1 N–H and O–H groups in total. The molecule has 0 saturated carbocycles. The highest BCUT2D eigenvalue weighted by molar-refractivity contribution is 5.79. The Morgan fingerprint density at radius 1 is 1.46 bits per heavy atom. The van der Waals surface area contributed by atoms with Gasteiger partial charge >= 0.3 is 6.18 Å². The maximum Gasteiger partial charge on any atom is 0.431 e. The molecule has 3 rings (SSSR count). The van der Waals surface area contributed by atoms with Gasteiger partial charge in [-0.25, -0.2) is 4.98 Å². The minimum Gasteiger partial charge on any atom is -0.379 e. The minimum atomic E-state index is -4.49. The van der Waals surface area contributed by atoms with E-state index < -0.39 is 11.9 Å². The first-order valence-electron chi connectivity index (χ1n) is 7.84. The SMILES string of the molecule is O=C(CCn1c(C(F)(F)F)cc2cccnc21)N[C@H]1CCCOC1. The molecule has 8 heteroatoms. The fourth-order valence-electron chi connectivity index (χ4n) is 2.92. The van der Waals surface area contributed by atoms with Gasteiger partial charge in [-0.2, -0.15) is 13.2 Å². The van der Waals surface area contributed by atoms with Gasteiger partial charge in [-0.05, 0) is 31.0 Å².